The Hall–Kier alpha value is -1.99. The van der Waals surface area contributed by atoms with Crippen LogP contribution in [0.15, 0.2) is 0 Å². The number of carbonyl (C=O) groups is 5. The number of aliphatic carboxylic acids is 1. The van der Waals surface area contributed by atoms with Crippen molar-refractivity contribution in [1.82, 2.24) is 16.0 Å². The number of carboxylic acid groups (broad SMARTS) is 1. The number of thiol groups is 2. The molecule has 13 heteroatoms. The predicted octanol–water partition coefficient (Wildman–Crippen LogP) is -1.98. The Morgan fingerprint density at radius 1 is 0.867 bits per heavy atom. The van der Waals surface area contributed by atoms with Crippen molar-refractivity contribution in [3.05, 3.63) is 0 Å². The van der Waals surface area contributed by atoms with Gasteiger partial charge in [0.25, 0.3) is 0 Å². The number of hydrogen-bond acceptors (Lipinski definition) is 8. The van der Waals surface area contributed by atoms with Crippen LogP contribution in [0.3, 0.4) is 0 Å². The van der Waals surface area contributed by atoms with Gasteiger partial charge < -0.3 is 32.5 Å². The maximum Gasteiger partial charge on any atom is 0.326 e. The van der Waals surface area contributed by atoms with Gasteiger partial charge in [-0.3, -0.25) is 19.2 Å². The first-order valence-electron chi connectivity index (χ1n) is 9.32. The Morgan fingerprint density at radius 3 is 1.80 bits per heavy atom. The predicted molar refractivity (Wildman–Crippen MR) is 117 cm³/mol. The summed E-state index contributed by atoms with van der Waals surface area (Å²) in [6, 6.07) is -4.46. The molecule has 8 N–H and O–H groups in total. The van der Waals surface area contributed by atoms with Gasteiger partial charge in [0.1, 0.15) is 18.1 Å². The van der Waals surface area contributed by atoms with Crippen molar-refractivity contribution in [2.75, 3.05) is 11.5 Å². The molecule has 0 heterocycles. The average Bonchev–Trinajstić information content (AvgIpc) is 2.66. The van der Waals surface area contributed by atoms with E-state index in [2.05, 4.69) is 41.2 Å². The van der Waals surface area contributed by atoms with Crippen LogP contribution in [0.4, 0.5) is 0 Å². The smallest absolute Gasteiger partial charge is 0.326 e. The van der Waals surface area contributed by atoms with Crippen LogP contribution in [0.5, 0.6) is 0 Å². The maximum atomic E-state index is 12.6. The molecule has 0 fully saturated rings. The topological polar surface area (TPSA) is 194 Å². The summed E-state index contributed by atoms with van der Waals surface area (Å²) in [6.45, 7) is 3.59. The van der Waals surface area contributed by atoms with Crippen molar-refractivity contribution in [3.8, 4) is 0 Å². The van der Waals surface area contributed by atoms with E-state index >= 15 is 0 Å². The molecule has 11 nitrogen and oxygen atoms in total. The lowest BCUT2D eigenvalue weighted by Crippen LogP contribution is -2.58. The molecular formula is C17H31N5O6S2. The minimum absolute atomic E-state index is 0.00937. The molecule has 0 aromatic rings. The van der Waals surface area contributed by atoms with Crippen molar-refractivity contribution in [2.45, 2.75) is 57.3 Å². The second-order valence-corrected chi connectivity index (χ2v) is 7.86. The average molecular weight is 466 g/mol. The minimum atomic E-state index is -1.24. The number of rotatable bonds is 14. The fourth-order valence-electron chi connectivity index (χ4n) is 2.35. The van der Waals surface area contributed by atoms with Crippen LogP contribution in [0.1, 0.15) is 33.1 Å². The zero-order valence-electron chi connectivity index (χ0n) is 17.0. The van der Waals surface area contributed by atoms with Gasteiger partial charge in [-0.05, 0) is 18.8 Å². The van der Waals surface area contributed by atoms with Gasteiger partial charge in [0, 0.05) is 17.9 Å². The Labute approximate surface area is 186 Å². The van der Waals surface area contributed by atoms with E-state index in [0.29, 0.717) is 0 Å². The highest BCUT2D eigenvalue weighted by atomic mass is 32.1. The number of hydrogen-bond donors (Lipinski definition) is 8. The van der Waals surface area contributed by atoms with Gasteiger partial charge in [0.2, 0.25) is 23.6 Å². The molecule has 0 aliphatic rings. The summed E-state index contributed by atoms with van der Waals surface area (Å²) in [5.41, 5.74) is 10.7. The Balaban J connectivity index is 5.32. The van der Waals surface area contributed by atoms with Crippen LogP contribution in [0, 0.1) is 5.92 Å². The fourth-order valence-corrected chi connectivity index (χ4v) is 2.77. The van der Waals surface area contributed by atoms with E-state index in [-0.39, 0.29) is 36.7 Å². The van der Waals surface area contributed by atoms with Gasteiger partial charge in [-0.2, -0.15) is 25.3 Å². The number of nitrogens with one attached hydrogen (secondary N) is 3. The molecule has 0 aromatic heterocycles. The van der Waals surface area contributed by atoms with Crippen LogP contribution in [0.25, 0.3) is 0 Å². The standard InChI is InChI=1S/C17H31N5O6S2/c1-8(2)5-11(17(27)28)21-15(25)10(3-4-13(19)23)20-16(26)12(7-30)22-14(24)9(18)6-29/h8-12,29-30H,3-7,18H2,1-2H3,(H2,19,23)(H,20,26)(H,21,25)(H,22,24)(H,27,28). The highest BCUT2D eigenvalue weighted by molar-refractivity contribution is 7.80. The third-order valence-corrected chi connectivity index (χ3v) is 4.74. The fraction of sp³-hybridized carbons (Fsp3) is 0.706. The monoisotopic (exact) mass is 465 g/mol. The molecule has 4 atom stereocenters. The van der Waals surface area contributed by atoms with Crippen molar-refractivity contribution in [2.24, 2.45) is 17.4 Å². The number of carbonyl (C=O) groups excluding carboxylic acids is 4. The number of carboxylic acids is 1. The van der Waals surface area contributed by atoms with E-state index in [0.717, 1.165) is 0 Å². The molecule has 0 aromatic carbocycles. The maximum absolute atomic E-state index is 12.6. The molecule has 0 spiro atoms. The highest BCUT2D eigenvalue weighted by Crippen LogP contribution is 2.07. The summed E-state index contributed by atoms with van der Waals surface area (Å²) in [7, 11) is 0. The summed E-state index contributed by atoms with van der Waals surface area (Å²) < 4.78 is 0. The van der Waals surface area contributed by atoms with Gasteiger partial charge in [-0.1, -0.05) is 13.8 Å². The number of amides is 4. The third-order valence-electron chi connectivity index (χ3n) is 3.98. The molecule has 30 heavy (non-hydrogen) atoms. The van der Waals surface area contributed by atoms with Crippen LogP contribution in [-0.4, -0.2) is 70.4 Å². The largest absolute Gasteiger partial charge is 0.480 e. The molecule has 0 aliphatic heterocycles. The number of nitrogens with two attached hydrogens (primary N) is 2. The zero-order valence-corrected chi connectivity index (χ0v) is 18.7. The lowest BCUT2D eigenvalue weighted by atomic mass is 10.0. The summed E-state index contributed by atoms with van der Waals surface area (Å²) in [4.78, 5) is 59.6. The molecule has 0 saturated carbocycles. The van der Waals surface area contributed by atoms with Crippen LogP contribution < -0.4 is 27.4 Å². The summed E-state index contributed by atoms with van der Waals surface area (Å²) in [5, 5.41) is 16.5. The van der Waals surface area contributed by atoms with Gasteiger partial charge >= 0.3 is 5.97 Å². The van der Waals surface area contributed by atoms with E-state index in [1.54, 1.807) is 13.8 Å². The lowest BCUT2D eigenvalue weighted by molar-refractivity contribution is -0.143. The second-order valence-electron chi connectivity index (χ2n) is 7.13. The van der Waals surface area contributed by atoms with Crippen LogP contribution in [0.2, 0.25) is 0 Å². The van der Waals surface area contributed by atoms with Crippen LogP contribution in [-0.2, 0) is 24.0 Å². The van der Waals surface area contributed by atoms with Gasteiger partial charge in [-0.25, -0.2) is 4.79 Å². The Morgan fingerprint density at radius 2 is 1.37 bits per heavy atom. The molecule has 172 valence electrons. The quantitative estimate of drug-likeness (QED) is 0.136. The first-order chi connectivity index (χ1) is 13.9. The van der Waals surface area contributed by atoms with E-state index in [1.807, 2.05) is 0 Å². The van der Waals surface area contributed by atoms with Crippen molar-refractivity contribution >= 4 is 54.9 Å². The van der Waals surface area contributed by atoms with Crippen LogP contribution >= 0.6 is 25.3 Å². The first-order valence-corrected chi connectivity index (χ1v) is 10.6. The highest BCUT2D eigenvalue weighted by Gasteiger charge is 2.30. The molecule has 0 saturated heterocycles. The number of primary amides is 1. The molecule has 0 radical (unpaired) electrons. The van der Waals surface area contributed by atoms with Crippen molar-refractivity contribution in [3.63, 3.8) is 0 Å². The molecule has 4 amide bonds. The summed E-state index contributed by atoms with van der Waals surface area (Å²) in [6.07, 6.45) is -0.193. The molecule has 4 unspecified atom stereocenters. The van der Waals surface area contributed by atoms with E-state index < -0.39 is 53.8 Å². The molecular weight excluding hydrogens is 434 g/mol. The summed E-state index contributed by atoms with van der Waals surface area (Å²) in [5.74, 6) is -4.12. The Kier molecular flexibility index (Phi) is 13.2. The Bertz CT molecular complexity index is 634. The van der Waals surface area contributed by atoms with Crippen molar-refractivity contribution < 1.29 is 29.1 Å². The molecule has 0 aliphatic carbocycles. The molecule has 0 rings (SSSR count). The second kappa shape index (κ2) is 14.1. The normalized spacial score (nSPS) is 14.9. The van der Waals surface area contributed by atoms with Gasteiger partial charge in [0.15, 0.2) is 0 Å². The lowest BCUT2D eigenvalue weighted by Gasteiger charge is -2.24. The first kappa shape index (κ1) is 28.0. The van der Waals surface area contributed by atoms with E-state index in [4.69, 9.17) is 11.5 Å². The SMILES string of the molecule is CC(C)CC(NC(=O)C(CCC(N)=O)NC(=O)C(CS)NC(=O)C(N)CS)C(=O)O. The summed E-state index contributed by atoms with van der Waals surface area (Å²) >= 11 is 7.93. The van der Waals surface area contributed by atoms with Gasteiger partial charge in [-0.15, -0.1) is 0 Å². The van der Waals surface area contributed by atoms with Gasteiger partial charge in [0.05, 0.1) is 6.04 Å². The zero-order chi connectivity index (χ0) is 23.4. The van der Waals surface area contributed by atoms with Crippen molar-refractivity contribution in [1.29, 1.82) is 0 Å². The van der Waals surface area contributed by atoms with E-state index in [1.165, 1.54) is 0 Å². The minimum Gasteiger partial charge on any atom is -0.480 e. The van der Waals surface area contributed by atoms with E-state index in [9.17, 15) is 29.1 Å². The third kappa shape index (κ3) is 10.7. The molecule has 0 bridgehead atoms.